The van der Waals surface area contributed by atoms with E-state index in [1.54, 1.807) is 11.8 Å². The summed E-state index contributed by atoms with van der Waals surface area (Å²) >= 11 is 14.9. The molecule has 0 saturated carbocycles. The van der Waals surface area contributed by atoms with Crippen LogP contribution in [0.5, 0.6) is 0 Å². The molecular weight excluding hydrogens is 407 g/mol. The molecule has 1 heterocycles. The van der Waals surface area contributed by atoms with Gasteiger partial charge in [0.05, 0.1) is 5.69 Å². The molecule has 7 heteroatoms. The van der Waals surface area contributed by atoms with Gasteiger partial charge < -0.3 is 5.32 Å². The summed E-state index contributed by atoms with van der Waals surface area (Å²) in [6.45, 7) is 0. The molecule has 0 spiro atoms. The smallest absolute Gasteiger partial charge is 0.226 e. The number of amides is 1. The van der Waals surface area contributed by atoms with Gasteiger partial charge in [0.25, 0.3) is 0 Å². The summed E-state index contributed by atoms with van der Waals surface area (Å²) in [6.07, 6.45) is 1.27. The zero-order valence-electron chi connectivity index (χ0n) is 13.7. The number of benzene rings is 2. The maximum absolute atomic E-state index is 12.1. The Hall–Kier alpha value is -1.53. The Morgan fingerprint density at radius 2 is 1.69 bits per heavy atom. The molecule has 3 aromatic rings. The van der Waals surface area contributed by atoms with Crippen LogP contribution in [0.3, 0.4) is 0 Å². The van der Waals surface area contributed by atoms with Crippen molar-refractivity contribution in [3.05, 3.63) is 64.0 Å². The van der Waals surface area contributed by atoms with Crippen LogP contribution >= 0.6 is 46.3 Å². The molecule has 0 fully saturated rings. The molecule has 0 saturated heterocycles. The summed E-state index contributed by atoms with van der Waals surface area (Å²) in [6, 6.07) is 15.2. The average Bonchev–Trinajstić information content (AvgIpc) is 3.09. The van der Waals surface area contributed by atoms with Crippen LogP contribution in [-0.2, 0) is 4.79 Å². The highest BCUT2D eigenvalue weighted by atomic mass is 35.5. The molecule has 1 N–H and O–H groups in total. The monoisotopic (exact) mass is 422 g/mol. The average molecular weight is 423 g/mol. The lowest BCUT2D eigenvalue weighted by Crippen LogP contribution is -2.11. The van der Waals surface area contributed by atoms with Crippen molar-refractivity contribution in [1.29, 1.82) is 0 Å². The van der Waals surface area contributed by atoms with Gasteiger partial charge in [-0.15, -0.1) is 23.1 Å². The van der Waals surface area contributed by atoms with Gasteiger partial charge in [0, 0.05) is 32.3 Å². The molecule has 0 aliphatic rings. The second-order valence-electron chi connectivity index (χ2n) is 5.50. The highest BCUT2D eigenvalue weighted by Gasteiger charge is 2.08. The number of thiazole rings is 1. The Morgan fingerprint density at radius 3 is 2.38 bits per heavy atom. The molecule has 0 unspecified atom stereocenters. The van der Waals surface area contributed by atoms with Crippen LogP contribution in [0.4, 0.5) is 5.13 Å². The highest BCUT2D eigenvalue weighted by Crippen LogP contribution is 2.26. The van der Waals surface area contributed by atoms with E-state index >= 15 is 0 Å². The van der Waals surface area contributed by atoms with Crippen molar-refractivity contribution in [2.45, 2.75) is 17.7 Å². The normalized spacial score (nSPS) is 10.7. The first-order chi connectivity index (χ1) is 12.6. The van der Waals surface area contributed by atoms with Crippen LogP contribution in [0.15, 0.2) is 58.8 Å². The Morgan fingerprint density at radius 1 is 1.04 bits per heavy atom. The van der Waals surface area contributed by atoms with Gasteiger partial charge in [-0.25, -0.2) is 4.98 Å². The van der Waals surface area contributed by atoms with Crippen molar-refractivity contribution in [1.82, 2.24) is 4.98 Å². The van der Waals surface area contributed by atoms with Gasteiger partial charge in [0.2, 0.25) is 5.91 Å². The van der Waals surface area contributed by atoms with E-state index in [4.69, 9.17) is 23.2 Å². The summed E-state index contributed by atoms with van der Waals surface area (Å²) < 4.78 is 0. The molecule has 0 bridgehead atoms. The number of anilines is 1. The standard InChI is InChI=1S/C19H16Cl2N2OS2/c20-14-5-3-13(4-6-14)17-12-26-19(22-17)23-18(24)2-1-11-25-16-9-7-15(21)8-10-16/h3-10,12H,1-2,11H2,(H,22,23,24). The predicted octanol–water partition coefficient (Wildman–Crippen LogP) is 6.63. The topological polar surface area (TPSA) is 42.0 Å². The molecule has 134 valence electrons. The number of aromatic nitrogens is 1. The van der Waals surface area contributed by atoms with Crippen molar-refractivity contribution in [2.24, 2.45) is 0 Å². The van der Waals surface area contributed by atoms with Gasteiger partial charge in [-0.2, -0.15) is 0 Å². The van der Waals surface area contributed by atoms with Crippen molar-refractivity contribution in [2.75, 3.05) is 11.1 Å². The Kier molecular flexibility index (Phi) is 6.97. The number of nitrogens with zero attached hydrogens (tertiary/aromatic N) is 1. The molecule has 1 aromatic heterocycles. The number of halogens is 2. The van der Waals surface area contributed by atoms with Crippen LogP contribution < -0.4 is 5.32 Å². The van der Waals surface area contributed by atoms with E-state index in [2.05, 4.69) is 10.3 Å². The van der Waals surface area contributed by atoms with Crippen LogP contribution in [0.1, 0.15) is 12.8 Å². The van der Waals surface area contributed by atoms with Crippen LogP contribution in [0.2, 0.25) is 10.0 Å². The fourth-order valence-electron chi connectivity index (χ4n) is 2.22. The summed E-state index contributed by atoms with van der Waals surface area (Å²) in [5.74, 6) is 0.863. The van der Waals surface area contributed by atoms with Gasteiger partial charge in [0.15, 0.2) is 5.13 Å². The molecule has 3 rings (SSSR count). The van der Waals surface area contributed by atoms with E-state index in [1.807, 2.05) is 53.9 Å². The van der Waals surface area contributed by atoms with Crippen molar-refractivity contribution in [3.8, 4) is 11.3 Å². The van der Waals surface area contributed by atoms with Crippen LogP contribution in [0, 0.1) is 0 Å². The maximum atomic E-state index is 12.1. The summed E-state index contributed by atoms with van der Waals surface area (Å²) in [5.41, 5.74) is 1.81. The lowest BCUT2D eigenvalue weighted by molar-refractivity contribution is -0.116. The Labute approximate surface area is 170 Å². The molecule has 0 radical (unpaired) electrons. The van der Waals surface area contributed by atoms with Gasteiger partial charge in [-0.05, 0) is 48.6 Å². The van der Waals surface area contributed by atoms with E-state index in [0.29, 0.717) is 16.6 Å². The minimum atomic E-state index is -0.0151. The lowest BCUT2D eigenvalue weighted by atomic mass is 10.2. The minimum Gasteiger partial charge on any atom is -0.302 e. The molecular formula is C19H16Cl2N2OS2. The predicted molar refractivity (Wildman–Crippen MR) is 113 cm³/mol. The third kappa shape index (κ3) is 5.74. The number of rotatable bonds is 7. The molecule has 2 aromatic carbocycles. The number of thioether (sulfide) groups is 1. The third-order valence-corrected chi connectivity index (χ3v) is 5.88. The van der Waals surface area contributed by atoms with E-state index in [-0.39, 0.29) is 5.91 Å². The quantitative estimate of drug-likeness (QED) is 0.343. The fourth-order valence-corrected chi connectivity index (χ4v) is 4.06. The molecule has 26 heavy (non-hydrogen) atoms. The number of hydrogen-bond donors (Lipinski definition) is 1. The largest absolute Gasteiger partial charge is 0.302 e. The number of carbonyl (C=O) groups excluding carboxylic acids is 1. The van der Waals surface area contributed by atoms with Gasteiger partial charge >= 0.3 is 0 Å². The zero-order chi connectivity index (χ0) is 18.4. The highest BCUT2D eigenvalue weighted by molar-refractivity contribution is 7.99. The van der Waals surface area contributed by atoms with E-state index in [1.165, 1.54) is 11.3 Å². The van der Waals surface area contributed by atoms with Crippen LogP contribution in [-0.4, -0.2) is 16.6 Å². The maximum Gasteiger partial charge on any atom is 0.226 e. The summed E-state index contributed by atoms with van der Waals surface area (Å²) in [5, 5.41) is 6.83. The zero-order valence-corrected chi connectivity index (χ0v) is 16.9. The second kappa shape index (κ2) is 9.42. The minimum absolute atomic E-state index is 0.0151. The molecule has 3 nitrogen and oxygen atoms in total. The van der Waals surface area contributed by atoms with Crippen LogP contribution in [0.25, 0.3) is 11.3 Å². The summed E-state index contributed by atoms with van der Waals surface area (Å²) in [7, 11) is 0. The first kappa shape index (κ1) is 19.2. The molecule has 1 amide bonds. The number of carbonyl (C=O) groups is 1. The first-order valence-corrected chi connectivity index (χ1v) is 10.6. The SMILES string of the molecule is O=C(CCCSc1ccc(Cl)cc1)Nc1nc(-c2ccc(Cl)cc2)cs1. The van der Waals surface area contributed by atoms with E-state index in [9.17, 15) is 4.79 Å². The molecule has 0 aliphatic heterocycles. The van der Waals surface area contributed by atoms with E-state index < -0.39 is 0 Å². The van der Waals surface area contributed by atoms with Gasteiger partial charge in [0.1, 0.15) is 0 Å². The first-order valence-electron chi connectivity index (χ1n) is 8.00. The number of hydrogen-bond acceptors (Lipinski definition) is 4. The van der Waals surface area contributed by atoms with Crippen molar-refractivity contribution < 1.29 is 4.79 Å². The Balaban J connectivity index is 1.43. The summed E-state index contributed by atoms with van der Waals surface area (Å²) in [4.78, 5) is 17.7. The number of nitrogens with one attached hydrogen (secondary N) is 1. The van der Waals surface area contributed by atoms with Gasteiger partial charge in [-0.1, -0.05) is 35.3 Å². The molecule has 0 atom stereocenters. The van der Waals surface area contributed by atoms with E-state index in [0.717, 1.165) is 33.3 Å². The lowest BCUT2D eigenvalue weighted by Gasteiger charge is -2.03. The third-order valence-electron chi connectivity index (χ3n) is 3.52. The molecule has 0 aliphatic carbocycles. The van der Waals surface area contributed by atoms with Crippen molar-refractivity contribution in [3.63, 3.8) is 0 Å². The van der Waals surface area contributed by atoms with Gasteiger partial charge in [-0.3, -0.25) is 4.79 Å². The Bertz CT molecular complexity index is 864. The second-order valence-corrected chi connectivity index (χ2v) is 8.40. The van der Waals surface area contributed by atoms with Crippen molar-refractivity contribution >= 4 is 57.3 Å². The fraction of sp³-hybridized carbons (Fsp3) is 0.158.